The van der Waals surface area contributed by atoms with Crippen molar-refractivity contribution in [3.8, 4) is 0 Å². The van der Waals surface area contributed by atoms with Gasteiger partial charge in [-0.25, -0.2) is 0 Å². The van der Waals surface area contributed by atoms with Gasteiger partial charge in [-0.05, 0) is 43.0 Å². The molecule has 2 atom stereocenters. The van der Waals surface area contributed by atoms with Gasteiger partial charge in [-0.15, -0.1) is 11.3 Å². The molecule has 1 heterocycles. The van der Waals surface area contributed by atoms with Gasteiger partial charge in [0, 0.05) is 21.4 Å². The number of nitrogens with one attached hydrogen (secondary N) is 1. The lowest BCUT2D eigenvalue weighted by Crippen LogP contribution is -2.21. The second kappa shape index (κ2) is 5.80. The van der Waals surface area contributed by atoms with Crippen LogP contribution in [0.25, 0.3) is 0 Å². The predicted molar refractivity (Wildman–Crippen MR) is 78.4 cm³/mol. The topological polar surface area (TPSA) is 12.0 Å². The van der Waals surface area contributed by atoms with E-state index < -0.39 is 0 Å². The molecule has 0 aliphatic heterocycles. The summed E-state index contributed by atoms with van der Waals surface area (Å²) >= 11 is 5.31. The van der Waals surface area contributed by atoms with E-state index in [1.54, 1.807) is 11.3 Å². The molecule has 1 nitrogen and oxygen atoms in total. The number of halogens is 1. The quantitative estimate of drug-likeness (QED) is 0.845. The van der Waals surface area contributed by atoms with Crippen molar-refractivity contribution < 1.29 is 0 Å². The summed E-state index contributed by atoms with van der Waals surface area (Å²) in [7, 11) is 0. The molecule has 90 valence electrons. The highest BCUT2D eigenvalue weighted by atomic mass is 79.9. The van der Waals surface area contributed by atoms with Crippen LogP contribution in [-0.2, 0) is 0 Å². The Kier molecular flexibility index (Phi) is 4.37. The molecule has 0 aliphatic rings. The monoisotopic (exact) mass is 309 g/mol. The molecule has 2 rings (SSSR count). The first-order chi connectivity index (χ1) is 8.16. The minimum absolute atomic E-state index is 0.351. The normalized spacial score (nSPS) is 14.5. The number of rotatable bonds is 4. The minimum Gasteiger partial charge on any atom is -0.303 e. The second-order valence-electron chi connectivity index (χ2n) is 4.18. The Labute approximate surface area is 115 Å². The zero-order valence-electron chi connectivity index (χ0n) is 9.98. The molecule has 0 fully saturated rings. The highest BCUT2D eigenvalue weighted by Crippen LogP contribution is 2.23. The molecule has 1 aromatic carbocycles. The zero-order valence-corrected chi connectivity index (χ0v) is 12.4. The zero-order chi connectivity index (χ0) is 12.3. The van der Waals surface area contributed by atoms with Crippen LogP contribution in [0.3, 0.4) is 0 Å². The van der Waals surface area contributed by atoms with Crippen LogP contribution >= 0.6 is 27.3 Å². The van der Waals surface area contributed by atoms with Gasteiger partial charge in [0.2, 0.25) is 0 Å². The van der Waals surface area contributed by atoms with Gasteiger partial charge in [-0.2, -0.15) is 0 Å². The summed E-state index contributed by atoms with van der Waals surface area (Å²) in [5, 5.41) is 5.74. The molecule has 0 unspecified atom stereocenters. The maximum atomic E-state index is 3.62. The van der Waals surface area contributed by atoms with Gasteiger partial charge < -0.3 is 5.32 Å². The molecular formula is C14H16BrNS. The van der Waals surface area contributed by atoms with Crippen molar-refractivity contribution in [2.75, 3.05) is 0 Å². The molecule has 2 aromatic rings. The Morgan fingerprint density at radius 3 is 2.59 bits per heavy atom. The van der Waals surface area contributed by atoms with Crippen molar-refractivity contribution in [1.82, 2.24) is 5.32 Å². The Bertz CT molecular complexity index is 467. The smallest absolute Gasteiger partial charge is 0.0391 e. The second-order valence-corrected chi connectivity index (χ2v) is 6.08. The summed E-state index contributed by atoms with van der Waals surface area (Å²) in [5.41, 5.74) is 1.31. The molecule has 0 saturated heterocycles. The van der Waals surface area contributed by atoms with Crippen LogP contribution in [0.4, 0.5) is 0 Å². The van der Waals surface area contributed by atoms with E-state index in [2.05, 4.69) is 76.9 Å². The summed E-state index contributed by atoms with van der Waals surface area (Å²) in [6.07, 6.45) is 0. The third kappa shape index (κ3) is 3.41. The van der Waals surface area contributed by atoms with Crippen LogP contribution in [-0.4, -0.2) is 0 Å². The van der Waals surface area contributed by atoms with Crippen LogP contribution in [0.1, 0.15) is 36.4 Å². The summed E-state index contributed by atoms with van der Waals surface area (Å²) in [5.74, 6) is 0. The molecule has 0 radical (unpaired) electrons. The molecule has 0 bridgehead atoms. The van der Waals surface area contributed by atoms with Crippen molar-refractivity contribution in [2.45, 2.75) is 25.9 Å². The number of hydrogen-bond acceptors (Lipinski definition) is 2. The Balaban J connectivity index is 2.04. The molecular weight excluding hydrogens is 294 g/mol. The van der Waals surface area contributed by atoms with Gasteiger partial charge in [-0.3, -0.25) is 0 Å². The number of thiophene rings is 1. The van der Waals surface area contributed by atoms with Crippen molar-refractivity contribution in [2.24, 2.45) is 0 Å². The third-order valence-corrected chi connectivity index (χ3v) is 4.37. The summed E-state index contributed by atoms with van der Waals surface area (Å²) < 4.78 is 1.13. The largest absolute Gasteiger partial charge is 0.303 e. The molecule has 1 aromatic heterocycles. The first-order valence-electron chi connectivity index (χ1n) is 5.71. The summed E-state index contributed by atoms with van der Waals surface area (Å²) in [6.45, 7) is 4.41. The molecule has 1 N–H and O–H groups in total. The standard InChI is InChI=1S/C14H16BrNS/c1-10(12-5-3-6-13(15)9-12)16-11(2)14-7-4-8-17-14/h3-11,16H,1-2H3/t10-,11+/m1/s1. The lowest BCUT2D eigenvalue weighted by molar-refractivity contribution is 0.500. The Morgan fingerprint density at radius 2 is 1.94 bits per heavy atom. The van der Waals surface area contributed by atoms with E-state index in [1.165, 1.54) is 10.4 Å². The molecule has 0 spiro atoms. The average molecular weight is 310 g/mol. The van der Waals surface area contributed by atoms with Gasteiger partial charge in [0.25, 0.3) is 0 Å². The lowest BCUT2D eigenvalue weighted by atomic mass is 10.1. The van der Waals surface area contributed by atoms with Gasteiger partial charge in [0.15, 0.2) is 0 Å². The maximum absolute atomic E-state index is 3.62. The fourth-order valence-electron chi connectivity index (χ4n) is 1.87. The number of hydrogen-bond donors (Lipinski definition) is 1. The molecule has 0 amide bonds. The fraction of sp³-hybridized carbons (Fsp3) is 0.286. The van der Waals surface area contributed by atoms with Gasteiger partial charge >= 0.3 is 0 Å². The van der Waals surface area contributed by atoms with E-state index in [1.807, 2.05) is 0 Å². The van der Waals surface area contributed by atoms with Crippen molar-refractivity contribution in [3.63, 3.8) is 0 Å². The van der Waals surface area contributed by atoms with Crippen LogP contribution in [0.5, 0.6) is 0 Å². The van der Waals surface area contributed by atoms with Crippen LogP contribution in [0.2, 0.25) is 0 Å². The Morgan fingerprint density at radius 1 is 1.12 bits per heavy atom. The van der Waals surface area contributed by atoms with E-state index in [-0.39, 0.29) is 0 Å². The van der Waals surface area contributed by atoms with E-state index in [0.29, 0.717) is 12.1 Å². The molecule has 17 heavy (non-hydrogen) atoms. The van der Waals surface area contributed by atoms with Gasteiger partial charge in [0.1, 0.15) is 0 Å². The first kappa shape index (κ1) is 12.8. The third-order valence-electron chi connectivity index (χ3n) is 2.82. The lowest BCUT2D eigenvalue weighted by Gasteiger charge is -2.19. The minimum atomic E-state index is 0.351. The van der Waals surface area contributed by atoms with Crippen molar-refractivity contribution in [3.05, 3.63) is 56.7 Å². The van der Waals surface area contributed by atoms with Crippen LogP contribution in [0, 0.1) is 0 Å². The maximum Gasteiger partial charge on any atom is 0.0391 e. The highest BCUT2D eigenvalue weighted by Gasteiger charge is 2.11. The first-order valence-corrected chi connectivity index (χ1v) is 7.39. The predicted octanol–water partition coefficient (Wildman–Crippen LogP) is 4.92. The molecule has 0 aliphatic carbocycles. The van der Waals surface area contributed by atoms with Crippen LogP contribution < -0.4 is 5.32 Å². The highest BCUT2D eigenvalue weighted by molar-refractivity contribution is 9.10. The van der Waals surface area contributed by atoms with Gasteiger partial charge in [0.05, 0.1) is 0 Å². The average Bonchev–Trinajstić information content (AvgIpc) is 2.82. The summed E-state index contributed by atoms with van der Waals surface area (Å²) in [6, 6.07) is 13.5. The van der Waals surface area contributed by atoms with Crippen molar-refractivity contribution in [1.29, 1.82) is 0 Å². The SMILES string of the molecule is C[C@H](N[C@H](C)c1cccc(Br)c1)c1cccs1. The van der Waals surface area contributed by atoms with E-state index in [0.717, 1.165) is 4.47 Å². The van der Waals surface area contributed by atoms with Gasteiger partial charge in [-0.1, -0.05) is 34.1 Å². The van der Waals surface area contributed by atoms with E-state index in [4.69, 9.17) is 0 Å². The van der Waals surface area contributed by atoms with E-state index >= 15 is 0 Å². The van der Waals surface area contributed by atoms with E-state index in [9.17, 15) is 0 Å². The van der Waals surface area contributed by atoms with Crippen LogP contribution in [0.15, 0.2) is 46.3 Å². The number of benzene rings is 1. The Hall–Kier alpha value is -0.640. The molecule has 3 heteroatoms. The summed E-state index contributed by atoms with van der Waals surface area (Å²) in [4.78, 5) is 1.38. The van der Waals surface area contributed by atoms with Crippen molar-refractivity contribution >= 4 is 27.3 Å². The fourth-order valence-corrected chi connectivity index (χ4v) is 3.03. The molecule has 0 saturated carbocycles.